The van der Waals surface area contributed by atoms with Crippen LogP contribution in [0.2, 0.25) is 0 Å². The minimum absolute atomic E-state index is 0. The van der Waals surface area contributed by atoms with Gasteiger partial charge in [0.25, 0.3) is 0 Å². The molecule has 0 spiro atoms. The molecule has 0 amide bonds. The third kappa shape index (κ3) is 7.37. The Morgan fingerprint density at radius 2 is 0.517 bits per heavy atom. The van der Waals surface area contributed by atoms with Crippen molar-refractivity contribution in [2.24, 2.45) is 0 Å². The van der Waals surface area contributed by atoms with Crippen molar-refractivity contribution in [1.82, 2.24) is 15.0 Å². The monoisotopic (exact) mass is 919 g/mol. The zero-order valence-electron chi connectivity index (χ0n) is 31.5. The zero-order valence-corrected chi connectivity index (χ0v) is 33.9. The molecular formula is C54H36IrN3. The molecule has 0 radical (unpaired) electrons. The standard InChI is InChI=1S/C54H36N3.Ir/c1-4-16-37(17-5-1)40-28-43-34-44(29-40)53(50-23-11-14-26-56-50)46-31-42(39-20-8-3-9-21-39)33-48(36-46)54(51-24-12-15-27-57-51)47-32-41(38-18-6-2-7-19-38)30-45(35-47)52(43)49-22-10-13-25-55-49;/h1-33,52-54H;/q-3;+3. The number of fused-ring (bicyclic) bond motifs is 6. The molecule has 58 heavy (non-hydrogen) atoms. The molecule has 0 N–H and O–H groups in total. The fourth-order valence-electron chi connectivity index (χ4n) is 8.27. The van der Waals surface area contributed by atoms with E-state index in [1.54, 1.807) is 0 Å². The molecule has 4 heteroatoms. The van der Waals surface area contributed by atoms with E-state index < -0.39 is 0 Å². The largest absolute Gasteiger partial charge is 3.00 e. The van der Waals surface area contributed by atoms with Gasteiger partial charge in [-0.3, -0.25) is 15.0 Å². The molecule has 3 aromatic heterocycles. The SMILES string of the molecule is [Ir+3].[c-]1c2cc(-c3ccccc3)cc1C(c1ccccn1)c1[c-]c(cc(-c3ccccc3)c1)C(c1ccccn1)c1[c-]c(cc(-c3ccccc3)c1)C2c1ccccn1. The normalized spacial score (nSPS) is 15.6. The minimum Gasteiger partial charge on any atom is -0.260 e. The second kappa shape index (κ2) is 16.5. The number of hydrogen-bond acceptors (Lipinski definition) is 3. The van der Waals surface area contributed by atoms with Gasteiger partial charge in [0, 0.05) is 53.4 Å². The minimum atomic E-state index is -0.286. The van der Waals surface area contributed by atoms with Crippen LogP contribution in [0, 0.1) is 18.2 Å². The van der Waals surface area contributed by atoms with Gasteiger partial charge in [-0.1, -0.05) is 109 Å². The maximum Gasteiger partial charge on any atom is 3.00 e. The molecule has 0 saturated carbocycles. The first-order valence-corrected chi connectivity index (χ1v) is 19.4. The summed E-state index contributed by atoms with van der Waals surface area (Å²) in [5.74, 6) is -0.857. The Labute approximate surface area is 353 Å². The Kier molecular flexibility index (Phi) is 10.5. The van der Waals surface area contributed by atoms with Crippen LogP contribution in [-0.2, 0) is 20.1 Å². The zero-order chi connectivity index (χ0) is 38.0. The first-order valence-electron chi connectivity index (χ1n) is 19.4. The summed E-state index contributed by atoms with van der Waals surface area (Å²) >= 11 is 0. The Morgan fingerprint density at radius 3 is 0.741 bits per heavy atom. The van der Waals surface area contributed by atoms with Crippen molar-refractivity contribution in [2.75, 3.05) is 0 Å². The molecule has 6 bridgehead atoms. The Hall–Kier alpha value is -6.58. The summed E-state index contributed by atoms with van der Waals surface area (Å²) in [6.45, 7) is 0. The van der Waals surface area contributed by atoms with E-state index in [0.717, 1.165) is 83.8 Å². The van der Waals surface area contributed by atoms with Gasteiger partial charge in [0.15, 0.2) is 0 Å². The van der Waals surface area contributed by atoms with E-state index in [1.807, 2.05) is 36.8 Å². The summed E-state index contributed by atoms with van der Waals surface area (Å²) in [7, 11) is 0. The van der Waals surface area contributed by atoms with Crippen LogP contribution in [0.25, 0.3) is 33.4 Å². The molecular weight excluding hydrogens is 883 g/mol. The molecule has 276 valence electrons. The van der Waals surface area contributed by atoms with Crippen molar-refractivity contribution in [1.29, 1.82) is 0 Å². The number of rotatable bonds is 6. The molecule has 10 rings (SSSR count). The molecule has 6 aromatic carbocycles. The van der Waals surface area contributed by atoms with Gasteiger partial charge in [-0.2, -0.15) is 54.6 Å². The second-order valence-corrected chi connectivity index (χ2v) is 14.5. The number of pyridine rings is 3. The van der Waals surface area contributed by atoms with Gasteiger partial charge in [0.05, 0.1) is 0 Å². The van der Waals surface area contributed by atoms with E-state index in [-0.39, 0.29) is 37.9 Å². The average molecular weight is 919 g/mol. The van der Waals surface area contributed by atoms with Crippen LogP contribution in [0.1, 0.15) is 68.2 Å². The quantitative estimate of drug-likeness (QED) is 0.156. The van der Waals surface area contributed by atoms with E-state index in [4.69, 9.17) is 15.0 Å². The average Bonchev–Trinajstić information content (AvgIpc) is 3.28. The molecule has 0 fully saturated rings. The Morgan fingerprint density at radius 1 is 0.276 bits per heavy atom. The van der Waals surface area contributed by atoms with Crippen molar-refractivity contribution in [2.45, 2.75) is 17.8 Å². The topological polar surface area (TPSA) is 38.7 Å². The number of aromatic nitrogens is 3. The van der Waals surface area contributed by atoms with Crippen molar-refractivity contribution in [3.05, 3.63) is 269 Å². The fraction of sp³-hybridized carbons (Fsp3) is 0.0556. The van der Waals surface area contributed by atoms with Gasteiger partial charge in [-0.15, -0.1) is 50.1 Å². The molecule has 1 aliphatic rings. The number of hydrogen-bond donors (Lipinski definition) is 0. The van der Waals surface area contributed by atoms with Crippen LogP contribution >= 0.6 is 0 Å². The van der Waals surface area contributed by atoms with Gasteiger partial charge in [0.2, 0.25) is 0 Å². The second-order valence-electron chi connectivity index (χ2n) is 14.5. The van der Waals surface area contributed by atoms with E-state index in [2.05, 4.69) is 182 Å². The van der Waals surface area contributed by atoms with Crippen LogP contribution in [-0.4, -0.2) is 15.0 Å². The van der Waals surface area contributed by atoms with E-state index >= 15 is 0 Å². The molecule has 0 saturated heterocycles. The van der Waals surface area contributed by atoms with Gasteiger partial charge in [-0.05, 0) is 53.1 Å². The summed E-state index contributed by atoms with van der Waals surface area (Å²) in [6, 6.07) is 76.1. The predicted octanol–water partition coefficient (Wildman–Crippen LogP) is 12.1. The van der Waals surface area contributed by atoms with E-state index in [9.17, 15) is 0 Å². The fourth-order valence-corrected chi connectivity index (χ4v) is 8.27. The molecule has 0 unspecified atom stereocenters. The van der Waals surface area contributed by atoms with E-state index in [1.165, 1.54) is 0 Å². The van der Waals surface area contributed by atoms with Crippen LogP contribution in [0.5, 0.6) is 0 Å². The third-order valence-electron chi connectivity index (χ3n) is 10.9. The van der Waals surface area contributed by atoms with Crippen molar-refractivity contribution < 1.29 is 20.1 Å². The predicted molar refractivity (Wildman–Crippen MR) is 228 cm³/mol. The van der Waals surface area contributed by atoms with Crippen LogP contribution in [0.15, 0.2) is 201 Å². The molecule has 0 aliphatic heterocycles. The Balaban J connectivity index is 0.00000436. The summed E-state index contributed by atoms with van der Waals surface area (Å²) in [4.78, 5) is 15.1. The first kappa shape index (κ1) is 37.0. The molecule has 3 heterocycles. The number of benzene rings is 6. The summed E-state index contributed by atoms with van der Waals surface area (Å²) < 4.78 is 0. The van der Waals surface area contributed by atoms with Crippen molar-refractivity contribution >= 4 is 0 Å². The van der Waals surface area contributed by atoms with Gasteiger partial charge < -0.3 is 0 Å². The van der Waals surface area contributed by atoms with E-state index in [0.29, 0.717) is 0 Å². The molecule has 0 atom stereocenters. The van der Waals surface area contributed by atoms with Crippen molar-refractivity contribution in [3.63, 3.8) is 0 Å². The maximum atomic E-state index is 5.03. The van der Waals surface area contributed by atoms with Crippen LogP contribution in [0.4, 0.5) is 0 Å². The number of nitrogens with zero attached hydrogens (tertiary/aromatic N) is 3. The maximum absolute atomic E-state index is 5.03. The molecule has 3 nitrogen and oxygen atoms in total. The summed E-state index contributed by atoms with van der Waals surface area (Å²) in [6.07, 6.45) is 5.65. The summed E-state index contributed by atoms with van der Waals surface area (Å²) in [5.41, 5.74) is 15.5. The first-order chi connectivity index (χ1) is 28.2. The Bertz CT molecular complexity index is 2400. The van der Waals surface area contributed by atoms with Gasteiger partial charge >= 0.3 is 20.1 Å². The molecule has 9 aromatic rings. The van der Waals surface area contributed by atoms with Crippen molar-refractivity contribution in [3.8, 4) is 33.4 Å². The summed E-state index contributed by atoms with van der Waals surface area (Å²) in [5, 5.41) is 0. The molecule has 1 aliphatic carbocycles. The van der Waals surface area contributed by atoms with Gasteiger partial charge in [0.1, 0.15) is 0 Å². The van der Waals surface area contributed by atoms with Gasteiger partial charge in [-0.25, -0.2) is 0 Å². The van der Waals surface area contributed by atoms with Crippen LogP contribution < -0.4 is 0 Å². The third-order valence-corrected chi connectivity index (χ3v) is 10.9. The smallest absolute Gasteiger partial charge is 0.260 e. The van der Waals surface area contributed by atoms with Crippen LogP contribution in [0.3, 0.4) is 0 Å².